The third-order valence-corrected chi connectivity index (χ3v) is 16.1. The second kappa shape index (κ2) is 32.2. The first-order valence-corrected chi connectivity index (χ1v) is 29.7. The number of rotatable bonds is 27. The van der Waals surface area contributed by atoms with Crippen molar-refractivity contribution in [2.24, 2.45) is 11.8 Å². The lowest BCUT2D eigenvalue weighted by atomic mass is 9.74. The van der Waals surface area contributed by atoms with Crippen molar-refractivity contribution in [2.75, 3.05) is 19.8 Å². The molecule has 27 nitrogen and oxygen atoms in total. The molecule has 484 valence electrons. The average molecular weight is 1250 g/mol. The highest BCUT2D eigenvalue weighted by Gasteiger charge is 2.61. The van der Waals surface area contributed by atoms with Crippen LogP contribution in [0, 0.1) is 11.8 Å². The Morgan fingerprint density at radius 1 is 0.517 bits per heavy atom. The Balaban J connectivity index is 0.947. The molecule has 20 atom stereocenters. The summed E-state index contributed by atoms with van der Waals surface area (Å²) in [5.74, 6) is -2.66. The summed E-state index contributed by atoms with van der Waals surface area (Å²) in [4.78, 5) is 66.3. The zero-order chi connectivity index (χ0) is 63.0. The van der Waals surface area contributed by atoms with Crippen molar-refractivity contribution in [2.45, 2.75) is 176 Å². The number of aliphatic hydroxyl groups excluding tert-OH is 7. The maximum atomic E-state index is 13.8. The molecule has 0 bridgehead atoms. The molecule has 4 aromatic carbocycles. The van der Waals surface area contributed by atoms with Gasteiger partial charge >= 0.3 is 24.4 Å². The second-order valence-electron chi connectivity index (χ2n) is 22.5. The van der Waals surface area contributed by atoms with Gasteiger partial charge in [0.15, 0.2) is 30.9 Å². The first kappa shape index (κ1) is 66.5. The lowest BCUT2D eigenvalue weighted by Crippen LogP contribution is -2.66. The van der Waals surface area contributed by atoms with Gasteiger partial charge in [0.1, 0.15) is 93.4 Å². The summed E-state index contributed by atoms with van der Waals surface area (Å²) in [6.45, 7) is -0.245. The Morgan fingerprint density at radius 3 is 1.55 bits per heavy atom. The quantitative estimate of drug-likeness (QED) is 0.0176. The predicted molar refractivity (Wildman–Crippen MR) is 306 cm³/mol. The van der Waals surface area contributed by atoms with Gasteiger partial charge < -0.3 is 104 Å². The largest absolute Gasteiger partial charge is 0.445 e. The number of hydrogen-bond donors (Lipinski definition) is 11. The Bertz CT molecular complexity index is 2870. The molecule has 1 saturated carbocycles. The number of hydrogen-bond acceptors (Lipinski definition) is 23. The van der Waals surface area contributed by atoms with Crippen LogP contribution in [-0.4, -0.2) is 196 Å². The Labute approximate surface area is 512 Å². The molecule has 4 saturated heterocycles. The van der Waals surface area contributed by atoms with Crippen LogP contribution in [0.25, 0.3) is 0 Å². The van der Waals surface area contributed by atoms with Crippen LogP contribution in [0.3, 0.4) is 0 Å². The molecule has 0 aromatic heterocycles. The molecule has 1 aliphatic carbocycles. The van der Waals surface area contributed by atoms with E-state index in [0.717, 1.165) is 0 Å². The van der Waals surface area contributed by atoms with Gasteiger partial charge in [-0.3, -0.25) is 10.1 Å². The van der Waals surface area contributed by atoms with Crippen molar-refractivity contribution >= 4 is 30.2 Å². The molecular weight excluding hydrogens is 1170 g/mol. The number of fused-ring (bicyclic) bond motifs is 1. The molecule has 0 radical (unpaired) electrons. The molecule has 4 aromatic rings. The van der Waals surface area contributed by atoms with Gasteiger partial charge in [0, 0.05) is 19.6 Å². The molecule has 4 heterocycles. The average Bonchev–Trinajstić information content (AvgIpc) is 1.80. The lowest BCUT2D eigenvalue weighted by molar-refractivity contribution is -0.297. The molecule has 27 heteroatoms. The van der Waals surface area contributed by atoms with E-state index in [4.69, 9.17) is 52.1 Å². The minimum absolute atomic E-state index is 0.0181. The van der Waals surface area contributed by atoms with Crippen molar-refractivity contribution in [3.63, 3.8) is 0 Å². The second-order valence-corrected chi connectivity index (χ2v) is 22.5. The van der Waals surface area contributed by atoms with E-state index >= 15 is 0 Å². The van der Waals surface area contributed by atoms with Gasteiger partial charge in [0.05, 0.1) is 24.9 Å². The summed E-state index contributed by atoms with van der Waals surface area (Å²) < 4.78 is 66.1. The minimum atomic E-state index is -2.08. The third kappa shape index (κ3) is 18.2. The molecule has 4 amide bonds. The van der Waals surface area contributed by atoms with Crippen molar-refractivity contribution in [3.8, 4) is 0 Å². The van der Waals surface area contributed by atoms with Gasteiger partial charge in [-0.25, -0.2) is 19.2 Å². The predicted octanol–water partition coefficient (Wildman–Crippen LogP) is 2.06. The smallest absolute Gasteiger partial charge is 0.409 e. The highest BCUT2D eigenvalue weighted by Crippen LogP contribution is 2.44. The maximum Gasteiger partial charge on any atom is 0.409 e. The minimum Gasteiger partial charge on any atom is -0.445 e. The number of nitrogens with one attached hydrogen (secondary N) is 4. The number of alkyl carbamates (subject to hydrolysis) is 4. The van der Waals surface area contributed by atoms with Gasteiger partial charge in [0.2, 0.25) is 0 Å². The highest BCUT2D eigenvalue weighted by molar-refractivity contribution is 5.86. The number of ketones is 1. The van der Waals surface area contributed by atoms with Gasteiger partial charge in [0.25, 0.3) is 0 Å². The molecule has 5 fully saturated rings. The first-order valence-electron chi connectivity index (χ1n) is 29.7. The summed E-state index contributed by atoms with van der Waals surface area (Å²) in [5, 5.41) is 89.2. The molecule has 11 N–H and O–H groups in total. The number of carbonyl (C=O) groups excluding carboxylic acids is 5. The number of unbranched alkanes of at least 4 members (excludes halogenated alkanes) is 1. The topological polar surface area (TPSA) is 380 Å². The van der Waals surface area contributed by atoms with Crippen LogP contribution >= 0.6 is 0 Å². The van der Waals surface area contributed by atoms with Gasteiger partial charge in [-0.05, 0) is 59.8 Å². The number of ether oxygens (including phenoxy) is 11. The van der Waals surface area contributed by atoms with Gasteiger partial charge in [-0.2, -0.15) is 0 Å². The van der Waals surface area contributed by atoms with Crippen LogP contribution < -0.4 is 21.3 Å². The maximum absolute atomic E-state index is 13.8. The van der Waals surface area contributed by atoms with E-state index in [2.05, 4.69) is 21.3 Å². The van der Waals surface area contributed by atoms with E-state index in [0.29, 0.717) is 41.5 Å². The summed E-state index contributed by atoms with van der Waals surface area (Å²) >= 11 is 0. The fraction of sp³-hybridized carbons (Fsp3) is 0.532. The lowest BCUT2D eigenvalue weighted by Gasteiger charge is -2.46. The normalized spacial score (nSPS) is 31.6. The molecule has 5 aliphatic rings. The first-order chi connectivity index (χ1) is 43.1. The zero-order valence-corrected chi connectivity index (χ0v) is 48.7. The van der Waals surface area contributed by atoms with Crippen LogP contribution in [0.1, 0.15) is 61.3 Å². The van der Waals surface area contributed by atoms with E-state index in [-0.39, 0.29) is 39.5 Å². The van der Waals surface area contributed by atoms with Crippen molar-refractivity contribution in [1.29, 1.82) is 0 Å². The SMILES string of the molecule is C[C@H]1C[C@@H](CC(=O)[C@@H](O)NC(=O)OCc2ccccc2)[C@H](O)[C@@H](O[C@@H]2O[C@H](CO)[C@@H](O[C@H]3O[C@@H](CNC(=O)OCc4ccccc4)[C@@H](O)[C@H](O)[C@H]3NC(=O)OCc3ccccc3)[C@H]2O)[C@@H]1O[C@H]1O[C@H](CCCCO)[C@@H]2O[C@@H]2[C@H]1NC(=O)OCc1ccccc1. The van der Waals surface area contributed by atoms with E-state index in [1.165, 1.54) is 0 Å². The highest BCUT2D eigenvalue weighted by atomic mass is 16.8. The standard InChI is InChI=1S/C62H78N4O23/c1-34-26-39(27-40(69)55(74)66-62(78)82-33-38-22-12-5-13-23-38)46(70)54(50(34)87-57-45(53-52(86-53)41(83-57)24-14-15-25-67)65-61(77)81-32-37-20-10-4-11-21-37)89-58-49(73)51(43(29-68)85-58)88-56-44(64-60(76)80-31-36-18-8-3-9-19-36)48(72)47(71)42(84-56)28-63-59(75)79-30-35-16-6-2-7-17-35/h2-13,16-23,34,39,41-58,67-68,70-74H,14-15,24-33H2,1H3,(H,63,75)(H,64,76)(H,65,77)(H,66,78)/t34-,39-,41+,42-,43+,44+,45+,46-,47+,48+,49+,50+,51+,52-,53+,54+,55+,56+,57+,58-/m0/s1. The number of amides is 4. The van der Waals surface area contributed by atoms with Crippen molar-refractivity contribution in [3.05, 3.63) is 144 Å². The Hall–Kier alpha value is -6.93. The van der Waals surface area contributed by atoms with E-state index < -0.39 is 172 Å². The summed E-state index contributed by atoms with van der Waals surface area (Å²) in [6.07, 6.45) is -26.6. The number of aliphatic hydroxyl groups is 7. The van der Waals surface area contributed by atoms with Crippen LogP contribution in [-0.2, 0) is 83.3 Å². The molecular formula is C62H78N4O23. The fourth-order valence-electron chi connectivity index (χ4n) is 11.3. The van der Waals surface area contributed by atoms with Crippen LogP contribution in [0.5, 0.6) is 0 Å². The molecule has 9 rings (SSSR count). The Morgan fingerprint density at radius 2 is 1.00 bits per heavy atom. The monoisotopic (exact) mass is 1250 g/mol. The van der Waals surface area contributed by atoms with E-state index in [9.17, 15) is 59.7 Å². The number of epoxide rings is 1. The summed E-state index contributed by atoms with van der Waals surface area (Å²) in [6, 6.07) is 32.4. The van der Waals surface area contributed by atoms with E-state index in [1.54, 1.807) is 122 Å². The van der Waals surface area contributed by atoms with Crippen LogP contribution in [0.4, 0.5) is 19.2 Å². The number of benzene rings is 4. The molecule has 89 heavy (non-hydrogen) atoms. The molecule has 4 aliphatic heterocycles. The zero-order valence-electron chi connectivity index (χ0n) is 48.7. The fourth-order valence-corrected chi connectivity index (χ4v) is 11.3. The van der Waals surface area contributed by atoms with E-state index in [1.807, 2.05) is 6.07 Å². The molecule has 0 spiro atoms. The van der Waals surface area contributed by atoms with Gasteiger partial charge in [-0.15, -0.1) is 0 Å². The van der Waals surface area contributed by atoms with Crippen LogP contribution in [0.2, 0.25) is 0 Å². The van der Waals surface area contributed by atoms with Crippen molar-refractivity contribution in [1.82, 2.24) is 21.3 Å². The number of Topliss-reactive ketones (excluding diaryl/α,β-unsaturated/α-hetero) is 1. The molecule has 0 unspecified atom stereocenters. The van der Waals surface area contributed by atoms with Crippen LogP contribution in [0.15, 0.2) is 121 Å². The van der Waals surface area contributed by atoms with Gasteiger partial charge in [-0.1, -0.05) is 128 Å². The van der Waals surface area contributed by atoms with Crippen molar-refractivity contribution < 1.29 is 112 Å². The summed E-state index contributed by atoms with van der Waals surface area (Å²) in [5.41, 5.74) is 2.66. The third-order valence-electron chi connectivity index (χ3n) is 16.1. The number of carbonyl (C=O) groups is 5. The summed E-state index contributed by atoms with van der Waals surface area (Å²) in [7, 11) is 0. The Kier molecular flexibility index (Phi) is 24.0.